The summed E-state index contributed by atoms with van der Waals surface area (Å²) < 4.78 is 4.83. The second-order valence-corrected chi connectivity index (χ2v) is 13.4. The molecule has 6 rings (SSSR count). The molecule has 226 valence electrons. The lowest BCUT2D eigenvalue weighted by molar-refractivity contribution is -0.138. The SMILES string of the molecule is CCOc1ccc(NC(=O)[C@@H]2[C@H]3C(=O)N(CCCCCO)C(C(=O)Nc4ccc5ccccc5c4)C34S[C@@H]2CC4C)cc1. The summed E-state index contributed by atoms with van der Waals surface area (Å²) in [5, 5.41) is 17.6. The minimum Gasteiger partial charge on any atom is -0.494 e. The van der Waals surface area contributed by atoms with Crippen LogP contribution in [0.5, 0.6) is 5.75 Å². The number of hydrogen-bond acceptors (Lipinski definition) is 6. The third-order valence-corrected chi connectivity index (χ3v) is 11.4. The molecule has 3 fully saturated rings. The van der Waals surface area contributed by atoms with E-state index in [1.165, 1.54) is 0 Å². The van der Waals surface area contributed by atoms with Crippen LogP contribution in [0.3, 0.4) is 0 Å². The highest BCUT2D eigenvalue weighted by atomic mass is 32.2. The number of fused-ring (bicyclic) bond motifs is 2. The number of carbonyl (C=O) groups excluding carboxylic acids is 3. The second-order valence-electron chi connectivity index (χ2n) is 11.9. The number of hydrogen-bond donors (Lipinski definition) is 3. The molecule has 9 heteroatoms. The number of aliphatic hydroxyl groups excluding tert-OH is 1. The summed E-state index contributed by atoms with van der Waals surface area (Å²) in [4.78, 5) is 44.1. The lowest BCUT2D eigenvalue weighted by Gasteiger charge is -2.38. The number of unbranched alkanes of at least 4 members (excludes halogenated alkanes) is 2. The summed E-state index contributed by atoms with van der Waals surface area (Å²) in [5.41, 5.74) is 1.34. The van der Waals surface area contributed by atoms with Crippen LogP contribution in [0.1, 0.15) is 39.5 Å². The molecule has 3 amide bonds. The van der Waals surface area contributed by atoms with Gasteiger partial charge in [0.25, 0.3) is 0 Å². The van der Waals surface area contributed by atoms with Gasteiger partial charge in [0.2, 0.25) is 17.7 Å². The predicted octanol–water partition coefficient (Wildman–Crippen LogP) is 5.32. The van der Waals surface area contributed by atoms with Gasteiger partial charge >= 0.3 is 0 Å². The van der Waals surface area contributed by atoms with Gasteiger partial charge in [-0.25, -0.2) is 0 Å². The second kappa shape index (κ2) is 12.2. The molecule has 0 radical (unpaired) electrons. The number of nitrogens with zero attached hydrogens (tertiary/aromatic N) is 1. The topological polar surface area (TPSA) is 108 Å². The van der Waals surface area contributed by atoms with Crippen LogP contribution >= 0.6 is 11.8 Å². The first-order valence-electron chi connectivity index (χ1n) is 15.3. The van der Waals surface area contributed by atoms with Crippen molar-refractivity contribution in [3.63, 3.8) is 0 Å². The normalized spacial score (nSPS) is 27.4. The van der Waals surface area contributed by atoms with Crippen molar-refractivity contribution in [1.29, 1.82) is 0 Å². The summed E-state index contributed by atoms with van der Waals surface area (Å²) in [5.74, 6) is -0.799. The number of benzene rings is 3. The molecule has 0 aliphatic carbocycles. The lowest BCUT2D eigenvalue weighted by atomic mass is 9.66. The van der Waals surface area contributed by atoms with Crippen LogP contribution in [0.4, 0.5) is 11.4 Å². The van der Waals surface area contributed by atoms with Gasteiger partial charge in [-0.3, -0.25) is 14.4 Å². The Kier molecular flexibility index (Phi) is 8.38. The van der Waals surface area contributed by atoms with Crippen molar-refractivity contribution < 1.29 is 24.2 Å². The number of carbonyl (C=O) groups is 3. The molecule has 1 spiro atoms. The van der Waals surface area contributed by atoms with Crippen LogP contribution in [-0.4, -0.2) is 63.5 Å². The van der Waals surface area contributed by atoms with Gasteiger partial charge in [-0.2, -0.15) is 0 Å². The van der Waals surface area contributed by atoms with Crippen LogP contribution in [-0.2, 0) is 14.4 Å². The molecule has 8 nitrogen and oxygen atoms in total. The molecular weight excluding hydrogens is 562 g/mol. The maximum Gasteiger partial charge on any atom is 0.248 e. The largest absolute Gasteiger partial charge is 0.494 e. The fourth-order valence-corrected chi connectivity index (χ4v) is 9.86. The van der Waals surface area contributed by atoms with E-state index in [2.05, 4.69) is 17.6 Å². The lowest BCUT2D eigenvalue weighted by Crippen LogP contribution is -2.54. The summed E-state index contributed by atoms with van der Waals surface area (Å²) in [6, 6.07) is 20.4. The van der Waals surface area contributed by atoms with E-state index in [0.29, 0.717) is 37.4 Å². The first-order valence-corrected chi connectivity index (χ1v) is 16.2. The quantitative estimate of drug-likeness (QED) is 0.257. The number of amides is 3. The molecule has 3 aliphatic rings. The molecule has 3 saturated heterocycles. The van der Waals surface area contributed by atoms with Crippen molar-refractivity contribution in [3.05, 3.63) is 66.7 Å². The van der Waals surface area contributed by atoms with E-state index in [9.17, 15) is 19.5 Å². The first-order chi connectivity index (χ1) is 20.9. The van der Waals surface area contributed by atoms with Crippen molar-refractivity contribution in [1.82, 2.24) is 4.90 Å². The third-order valence-electron chi connectivity index (χ3n) is 9.30. The van der Waals surface area contributed by atoms with Gasteiger partial charge < -0.3 is 25.4 Å². The number of nitrogens with one attached hydrogen (secondary N) is 2. The Morgan fingerprint density at radius 1 is 0.977 bits per heavy atom. The van der Waals surface area contributed by atoms with Crippen LogP contribution in [0, 0.1) is 17.8 Å². The van der Waals surface area contributed by atoms with Crippen molar-refractivity contribution in [2.24, 2.45) is 17.8 Å². The van der Waals surface area contributed by atoms with Gasteiger partial charge in [0.15, 0.2) is 0 Å². The van der Waals surface area contributed by atoms with E-state index in [4.69, 9.17) is 4.74 Å². The van der Waals surface area contributed by atoms with Gasteiger partial charge in [0.1, 0.15) is 11.8 Å². The molecule has 2 bridgehead atoms. The van der Waals surface area contributed by atoms with Crippen molar-refractivity contribution >= 4 is 51.6 Å². The average Bonchev–Trinajstić information content (AvgIpc) is 3.60. The zero-order valence-corrected chi connectivity index (χ0v) is 25.4. The summed E-state index contributed by atoms with van der Waals surface area (Å²) >= 11 is 1.67. The molecule has 3 aromatic rings. The number of aliphatic hydroxyl groups is 1. The maximum absolute atomic E-state index is 14.3. The molecule has 3 aromatic carbocycles. The standard InChI is InChI=1S/C34H39N3O5S/c1-3-42-26-15-13-24(14-16-26)35-31(39)28-27-19-21(2)34(43-27)29(28)33(41)37(17-7-4-8-18-38)30(34)32(40)36-25-12-11-22-9-5-6-10-23(22)20-25/h5-6,9-16,20-21,27-30,38H,3-4,7-8,17-19H2,1-2H3,(H,35,39)(H,36,40)/t21?,27-,28+,29+,30?,34?/m1/s1. The molecule has 3 aliphatic heterocycles. The molecule has 0 saturated carbocycles. The highest BCUT2D eigenvalue weighted by Crippen LogP contribution is 2.68. The molecule has 43 heavy (non-hydrogen) atoms. The van der Waals surface area contributed by atoms with Gasteiger partial charge in [0.05, 0.1) is 23.2 Å². The number of anilines is 2. The Hall–Kier alpha value is -3.56. The highest BCUT2D eigenvalue weighted by molar-refractivity contribution is 8.02. The van der Waals surface area contributed by atoms with Crippen molar-refractivity contribution in [3.8, 4) is 5.75 Å². The van der Waals surface area contributed by atoms with Gasteiger partial charge in [0, 0.05) is 29.8 Å². The van der Waals surface area contributed by atoms with E-state index in [1.54, 1.807) is 16.7 Å². The third kappa shape index (κ3) is 5.27. The van der Waals surface area contributed by atoms with Gasteiger partial charge in [-0.1, -0.05) is 37.3 Å². The first kappa shape index (κ1) is 29.5. The fourth-order valence-electron chi connectivity index (χ4n) is 7.44. The molecule has 0 aromatic heterocycles. The highest BCUT2D eigenvalue weighted by Gasteiger charge is 2.75. The van der Waals surface area contributed by atoms with Crippen molar-refractivity contribution in [2.45, 2.75) is 55.6 Å². The Labute approximate surface area is 256 Å². The predicted molar refractivity (Wildman–Crippen MR) is 170 cm³/mol. The van der Waals surface area contributed by atoms with Crippen molar-refractivity contribution in [2.75, 3.05) is 30.4 Å². The van der Waals surface area contributed by atoms with E-state index < -0.39 is 22.6 Å². The van der Waals surface area contributed by atoms with E-state index in [-0.39, 0.29) is 35.5 Å². The monoisotopic (exact) mass is 601 g/mol. The minimum absolute atomic E-state index is 0.0424. The fraction of sp³-hybridized carbons (Fsp3) is 0.441. The summed E-state index contributed by atoms with van der Waals surface area (Å²) in [6.45, 7) is 5.11. The van der Waals surface area contributed by atoms with Crippen LogP contribution in [0.25, 0.3) is 10.8 Å². The maximum atomic E-state index is 14.3. The van der Waals surface area contributed by atoms with Gasteiger partial charge in [-0.15, -0.1) is 11.8 Å². The molecule has 3 N–H and O–H groups in total. The molecule has 3 heterocycles. The van der Waals surface area contributed by atoms with E-state index in [1.807, 2.05) is 73.7 Å². The Morgan fingerprint density at radius 2 is 1.70 bits per heavy atom. The zero-order chi connectivity index (χ0) is 30.1. The Bertz CT molecular complexity index is 1510. The van der Waals surface area contributed by atoms with E-state index >= 15 is 0 Å². The zero-order valence-electron chi connectivity index (χ0n) is 24.6. The molecular formula is C34H39N3O5S. The number of ether oxygens (including phenoxy) is 1. The van der Waals surface area contributed by atoms with Gasteiger partial charge in [-0.05, 0) is 85.7 Å². The minimum atomic E-state index is -0.695. The number of rotatable bonds is 11. The smallest absolute Gasteiger partial charge is 0.248 e. The van der Waals surface area contributed by atoms with Crippen LogP contribution < -0.4 is 15.4 Å². The molecule has 6 atom stereocenters. The van der Waals surface area contributed by atoms with Crippen LogP contribution in [0.2, 0.25) is 0 Å². The Morgan fingerprint density at radius 3 is 2.44 bits per heavy atom. The Balaban J connectivity index is 1.29. The van der Waals surface area contributed by atoms with E-state index in [0.717, 1.165) is 29.4 Å². The summed E-state index contributed by atoms with van der Waals surface area (Å²) in [7, 11) is 0. The summed E-state index contributed by atoms with van der Waals surface area (Å²) in [6.07, 6.45) is 2.85. The van der Waals surface area contributed by atoms with Crippen LogP contribution in [0.15, 0.2) is 66.7 Å². The average molecular weight is 602 g/mol. The molecule has 3 unspecified atom stereocenters. The number of likely N-dealkylation sites (tertiary alicyclic amines) is 1. The number of thioether (sulfide) groups is 1.